The topological polar surface area (TPSA) is 26.3 Å². The Morgan fingerprint density at radius 3 is 2.62 bits per heavy atom. The van der Waals surface area contributed by atoms with Crippen molar-refractivity contribution in [3.63, 3.8) is 0 Å². The highest BCUT2D eigenvalue weighted by Gasteiger charge is 2.19. The third-order valence-corrected chi connectivity index (χ3v) is 3.24. The van der Waals surface area contributed by atoms with E-state index in [1.54, 1.807) is 7.11 Å². The Hall–Kier alpha value is -0.830. The molecule has 0 unspecified atom stereocenters. The van der Waals surface area contributed by atoms with Crippen molar-refractivity contribution in [2.24, 2.45) is 5.92 Å². The molecule has 3 heteroatoms. The number of carbonyl (C=O) groups is 1. The van der Waals surface area contributed by atoms with Gasteiger partial charge in [-0.25, -0.2) is 0 Å². The van der Waals surface area contributed by atoms with Gasteiger partial charge < -0.3 is 9.53 Å². The van der Waals surface area contributed by atoms with E-state index >= 15 is 0 Å². The van der Waals surface area contributed by atoms with Crippen molar-refractivity contribution in [2.45, 2.75) is 26.2 Å². The lowest BCUT2D eigenvalue weighted by Crippen LogP contribution is -2.09. The number of rotatable bonds is 5. The lowest BCUT2D eigenvalue weighted by atomic mass is 9.86. The molecule has 88 valence electrons. The van der Waals surface area contributed by atoms with Crippen LogP contribution >= 0.6 is 15.9 Å². The van der Waals surface area contributed by atoms with Gasteiger partial charge in [-0.1, -0.05) is 29.8 Å². The molecule has 0 spiro atoms. The average Bonchev–Trinajstić information content (AvgIpc) is 2.25. The molecule has 16 heavy (non-hydrogen) atoms. The standard InChI is InChI=1S/C13H17BrO2/c1-9(2)11(6-7-15)12-8-10(14)4-5-13(12)16-3/h4-5,7-9,11H,6H2,1-3H3/t11-/m0/s1. The second kappa shape index (κ2) is 6.04. The van der Waals surface area contributed by atoms with Crippen LogP contribution in [0.3, 0.4) is 0 Å². The first-order chi connectivity index (χ1) is 7.60. The van der Waals surface area contributed by atoms with Crippen LogP contribution in [0.1, 0.15) is 31.7 Å². The van der Waals surface area contributed by atoms with Crippen molar-refractivity contribution < 1.29 is 9.53 Å². The molecule has 0 bridgehead atoms. The van der Waals surface area contributed by atoms with Crippen LogP contribution in [0.15, 0.2) is 22.7 Å². The molecule has 0 aliphatic carbocycles. The summed E-state index contributed by atoms with van der Waals surface area (Å²) in [6.07, 6.45) is 1.51. The largest absolute Gasteiger partial charge is 0.496 e. The fourth-order valence-corrected chi connectivity index (χ4v) is 2.24. The Kier molecular flexibility index (Phi) is 5.00. The molecule has 0 aliphatic rings. The van der Waals surface area contributed by atoms with E-state index in [0.29, 0.717) is 12.3 Å². The van der Waals surface area contributed by atoms with Gasteiger partial charge in [0.2, 0.25) is 0 Å². The minimum Gasteiger partial charge on any atom is -0.496 e. The van der Waals surface area contributed by atoms with Crippen molar-refractivity contribution in [3.05, 3.63) is 28.2 Å². The number of aldehydes is 1. The van der Waals surface area contributed by atoms with Gasteiger partial charge in [0.1, 0.15) is 12.0 Å². The van der Waals surface area contributed by atoms with Crippen LogP contribution in [0.5, 0.6) is 5.75 Å². The molecule has 1 rings (SSSR count). The Morgan fingerprint density at radius 1 is 1.44 bits per heavy atom. The van der Waals surface area contributed by atoms with E-state index in [-0.39, 0.29) is 5.92 Å². The molecule has 1 aromatic rings. The first-order valence-corrected chi connectivity index (χ1v) is 6.16. The van der Waals surface area contributed by atoms with Crippen LogP contribution in [0.25, 0.3) is 0 Å². The molecule has 0 radical (unpaired) electrons. The maximum absolute atomic E-state index is 10.7. The smallest absolute Gasteiger partial charge is 0.122 e. The molecule has 1 atom stereocenters. The summed E-state index contributed by atoms with van der Waals surface area (Å²) in [5.41, 5.74) is 1.10. The van der Waals surface area contributed by atoms with Crippen LogP contribution in [0, 0.1) is 5.92 Å². The zero-order chi connectivity index (χ0) is 12.1. The van der Waals surface area contributed by atoms with Crippen molar-refractivity contribution in [2.75, 3.05) is 7.11 Å². The molecular formula is C13H17BrO2. The summed E-state index contributed by atoms with van der Waals surface area (Å²) >= 11 is 3.45. The van der Waals surface area contributed by atoms with E-state index in [9.17, 15) is 4.79 Å². The van der Waals surface area contributed by atoms with Gasteiger partial charge in [-0.05, 0) is 35.6 Å². The number of benzene rings is 1. The summed E-state index contributed by atoms with van der Waals surface area (Å²) in [6, 6.07) is 5.91. The van der Waals surface area contributed by atoms with Crippen LogP contribution < -0.4 is 4.74 Å². The van der Waals surface area contributed by atoms with Gasteiger partial charge in [0.25, 0.3) is 0 Å². The highest BCUT2D eigenvalue weighted by molar-refractivity contribution is 9.10. The van der Waals surface area contributed by atoms with Gasteiger partial charge >= 0.3 is 0 Å². The molecule has 0 fully saturated rings. The molecule has 0 amide bonds. The van der Waals surface area contributed by atoms with Crippen LogP contribution in [0.4, 0.5) is 0 Å². The zero-order valence-corrected chi connectivity index (χ0v) is 11.5. The quantitative estimate of drug-likeness (QED) is 0.769. The van der Waals surface area contributed by atoms with Gasteiger partial charge in [0, 0.05) is 10.9 Å². The third-order valence-electron chi connectivity index (χ3n) is 2.75. The molecule has 0 saturated carbocycles. The number of hydrogen-bond donors (Lipinski definition) is 0. The fraction of sp³-hybridized carbons (Fsp3) is 0.462. The second-order valence-corrected chi connectivity index (χ2v) is 5.05. The molecule has 0 aromatic heterocycles. The normalized spacial score (nSPS) is 12.6. The van der Waals surface area contributed by atoms with E-state index in [0.717, 1.165) is 22.1 Å². The van der Waals surface area contributed by atoms with Gasteiger partial charge in [-0.15, -0.1) is 0 Å². The minimum absolute atomic E-state index is 0.213. The first kappa shape index (κ1) is 13.2. The summed E-state index contributed by atoms with van der Waals surface area (Å²) < 4.78 is 6.35. The zero-order valence-electron chi connectivity index (χ0n) is 9.87. The number of halogens is 1. The number of ether oxygens (including phenoxy) is 1. The molecule has 2 nitrogen and oxygen atoms in total. The summed E-state index contributed by atoms with van der Waals surface area (Å²) in [7, 11) is 1.66. The van der Waals surface area contributed by atoms with E-state index in [2.05, 4.69) is 29.8 Å². The lowest BCUT2D eigenvalue weighted by Gasteiger charge is -2.21. The van der Waals surface area contributed by atoms with Crippen molar-refractivity contribution in [1.29, 1.82) is 0 Å². The highest BCUT2D eigenvalue weighted by atomic mass is 79.9. The van der Waals surface area contributed by atoms with Crippen LogP contribution in [-0.4, -0.2) is 13.4 Å². The summed E-state index contributed by atoms with van der Waals surface area (Å²) in [4.78, 5) is 10.7. The monoisotopic (exact) mass is 284 g/mol. The maximum Gasteiger partial charge on any atom is 0.122 e. The summed E-state index contributed by atoms with van der Waals surface area (Å²) in [5, 5.41) is 0. The Labute approximate surface area is 105 Å². The van der Waals surface area contributed by atoms with E-state index in [4.69, 9.17) is 4.74 Å². The molecule has 0 aliphatic heterocycles. The second-order valence-electron chi connectivity index (χ2n) is 4.14. The van der Waals surface area contributed by atoms with Gasteiger partial charge in [-0.3, -0.25) is 0 Å². The average molecular weight is 285 g/mol. The van der Waals surface area contributed by atoms with Gasteiger partial charge in [0.15, 0.2) is 0 Å². The third kappa shape index (κ3) is 3.08. The molecule has 0 heterocycles. The highest BCUT2D eigenvalue weighted by Crippen LogP contribution is 2.35. The Morgan fingerprint density at radius 2 is 2.12 bits per heavy atom. The summed E-state index contributed by atoms with van der Waals surface area (Å²) in [6.45, 7) is 4.24. The SMILES string of the molecule is COc1ccc(Br)cc1[C@@H](CC=O)C(C)C. The molecule has 1 aromatic carbocycles. The van der Waals surface area contributed by atoms with E-state index in [1.807, 2.05) is 18.2 Å². The van der Waals surface area contributed by atoms with Gasteiger partial charge in [0.05, 0.1) is 7.11 Å². The molecular weight excluding hydrogens is 268 g/mol. The number of methoxy groups -OCH3 is 1. The van der Waals surface area contributed by atoms with Crippen molar-refractivity contribution in [3.8, 4) is 5.75 Å². The van der Waals surface area contributed by atoms with Crippen LogP contribution in [0.2, 0.25) is 0 Å². The Balaban J connectivity index is 3.15. The molecule has 0 saturated heterocycles. The number of carbonyl (C=O) groups excluding carboxylic acids is 1. The van der Waals surface area contributed by atoms with Gasteiger partial charge in [-0.2, -0.15) is 0 Å². The van der Waals surface area contributed by atoms with E-state index in [1.165, 1.54) is 0 Å². The lowest BCUT2D eigenvalue weighted by molar-refractivity contribution is -0.108. The Bertz CT molecular complexity index is 361. The maximum atomic E-state index is 10.7. The predicted octanol–water partition coefficient (Wildman–Crippen LogP) is 3.79. The van der Waals surface area contributed by atoms with Crippen LogP contribution in [-0.2, 0) is 4.79 Å². The number of hydrogen-bond acceptors (Lipinski definition) is 2. The van der Waals surface area contributed by atoms with Crippen molar-refractivity contribution >= 4 is 22.2 Å². The van der Waals surface area contributed by atoms with E-state index < -0.39 is 0 Å². The minimum atomic E-state index is 0.213. The predicted molar refractivity (Wildman–Crippen MR) is 69.0 cm³/mol. The fourth-order valence-electron chi connectivity index (χ4n) is 1.86. The van der Waals surface area contributed by atoms with Crippen molar-refractivity contribution in [1.82, 2.24) is 0 Å². The summed E-state index contributed by atoms with van der Waals surface area (Å²) in [5.74, 6) is 1.47. The molecule has 0 N–H and O–H groups in total. The first-order valence-electron chi connectivity index (χ1n) is 5.37.